The summed E-state index contributed by atoms with van der Waals surface area (Å²) < 4.78 is 5.07. The SMILES string of the molecule is COc1ccc(C)c(C=O)c1NC(C)=O. The van der Waals surface area contributed by atoms with Crippen LogP contribution in [0.1, 0.15) is 22.8 Å². The third-order valence-electron chi connectivity index (χ3n) is 2.06. The second kappa shape index (κ2) is 4.59. The first-order valence-electron chi connectivity index (χ1n) is 4.50. The molecule has 0 spiro atoms. The first-order chi connectivity index (χ1) is 7.10. The van der Waals surface area contributed by atoms with E-state index in [9.17, 15) is 9.59 Å². The van der Waals surface area contributed by atoms with Gasteiger partial charge in [0.25, 0.3) is 0 Å². The molecule has 0 saturated heterocycles. The van der Waals surface area contributed by atoms with E-state index in [0.717, 1.165) is 5.56 Å². The number of nitrogens with one attached hydrogen (secondary N) is 1. The van der Waals surface area contributed by atoms with Gasteiger partial charge in [-0.05, 0) is 18.6 Å². The summed E-state index contributed by atoms with van der Waals surface area (Å²) in [6.07, 6.45) is 0.711. The highest BCUT2D eigenvalue weighted by Gasteiger charge is 2.12. The first-order valence-corrected chi connectivity index (χ1v) is 4.50. The monoisotopic (exact) mass is 207 g/mol. The van der Waals surface area contributed by atoms with Gasteiger partial charge in [0.2, 0.25) is 5.91 Å². The van der Waals surface area contributed by atoms with Gasteiger partial charge in [0.05, 0.1) is 12.8 Å². The van der Waals surface area contributed by atoms with E-state index < -0.39 is 0 Å². The predicted octanol–water partition coefficient (Wildman–Crippen LogP) is 1.77. The van der Waals surface area contributed by atoms with Crippen LogP contribution in [0.15, 0.2) is 12.1 Å². The maximum atomic E-state index is 11.0. The van der Waals surface area contributed by atoms with Crippen LogP contribution in [0.2, 0.25) is 0 Å². The number of aldehydes is 1. The molecule has 0 atom stereocenters. The molecule has 0 radical (unpaired) electrons. The van der Waals surface area contributed by atoms with Gasteiger partial charge in [-0.15, -0.1) is 0 Å². The van der Waals surface area contributed by atoms with Crippen LogP contribution in [0.3, 0.4) is 0 Å². The molecule has 4 nitrogen and oxygen atoms in total. The highest BCUT2D eigenvalue weighted by molar-refractivity contribution is 5.98. The second-order valence-electron chi connectivity index (χ2n) is 3.17. The molecule has 1 aromatic rings. The number of anilines is 1. The van der Waals surface area contributed by atoms with Gasteiger partial charge in [-0.2, -0.15) is 0 Å². The topological polar surface area (TPSA) is 55.4 Å². The number of carbonyl (C=O) groups excluding carboxylic acids is 2. The van der Waals surface area contributed by atoms with Crippen molar-refractivity contribution in [3.05, 3.63) is 23.3 Å². The Morgan fingerprint density at radius 3 is 2.60 bits per heavy atom. The smallest absolute Gasteiger partial charge is 0.221 e. The lowest BCUT2D eigenvalue weighted by atomic mass is 10.1. The molecule has 0 aliphatic rings. The number of ether oxygens (including phenoxy) is 1. The standard InChI is InChI=1S/C11H13NO3/c1-7-4-5-10(15-3)11(9(7)6-13)12-8(2)14/h4-6H,1-3H3,(H,12,14). The molecule has 0 saturated carbocycles. The van der Waals surface area contributed by atoms with Gasteiger partial charge in [0.15, 0.2) is 6.29 Å². The molecule has 0 bridgehead atoms. The van der Waals surface area contributed by atoms with Crippen LogP contribution in [0.25, 0.3) is 0 Å². The molecular formula is C11H13NO3. The van der Waals surface area contributed by atoms with Gasteiger partial charge in [0, 0.05) is 12.5 Å². The maximum absolute atomic E-state index is 11.0. The lowest BCUT2D eigenvalue weighted by Crippen LogP contribution is -2.10. The summed E-state index contributed by atoms with van der Waals surface area (Å²) in [6.45, 7) is 3.19. The van der Waals surface area contributed by atoms with Crippen molar-refractivity contribution in [1.29, 1.82) is 0 Å². The molecule has 1 amide bonds. The molecule has 15 heavy (non-hydrogen) atoms. The number of rotatable bonds is 3. The summed E-state index contributed by atoms with van der Waals surface area (Å²) in [5.74, 6) is 0.250. The van der Waals surface area contributed by atoms with Crippen molar-refractivity contribution in [3.63, 3.8) is 0 Å². The summed E-state index contributed by atoms with van der Waals surface area (Å²) in [5, 5.41) is 2.59. The van der Waals surface area contributed by atoms with Crippen LogP contribution in [0, 0.1) is 6.92 Å². The van der Waals surface area contributed by atoms with Gasteiger partial charge in [-0.1, -0.05) is 6.07 Å². The Balaban J connectivity index is 3.33. The third-order valence-corrected chi connectivity index (χ3v) is 2.06. The average Bonchev–Trinajstić information content (AvgIpc) is 2.18. The minimum atomic E-state index is -0.234. The highest BCUT2D eigenvalue weighted by Crippen LogP contribution is 2.29. The molecule has 1 aromatic carbocycles. The minimum absolute atomic E-state index is 0.234. The fourth-order valence-corrected chi connectivity index (χ4v) is 1.33. The first kappa shape index (κ1) is 11.2. The summed E-state index contributed by atoms with van der Waals surface area (Å²) in [6, 6.07) is 3.49. The fourth-order valence-electron chi connectivity index (χ4n) is 1.33. The lowest BCUT2D eigenvalue weighted by Gasteiger charge is -2.12. The Morgan fingerprint density at radius 2 is 2.13 bits per heavy atom. The largest absolute Gasteiger partial charge is 0.495 e. The van der Waals surface area contributed by atoms with E-state index in [0.29, 0.717) is 23.3 Å². The lowest BCUT2D eigenvalue weighted by molar-refractivity contribution is -0.114. The fraction of sp³-hybridized carbons (Fsp3) is 0.273. The average molecular weight is 207 g/mol. The molecule has 0 unspecified atom stereocenters. The molecule has 4 heteroatoms. The number of hydrogen-bond donors (Lipinski definition) is 1. The van der Waals surface area contributed by atoms with Crippen molar-refractivity contribution >= 4 is 17.9 Å². The van der Waals surface area contributed by atoms with Crippen LogP contribution in [0.4, 0.5) is 5.69 Å². The summed E-state index contributed by atoms with van der Waals surface area (Å²) >= 11 is 0. The number of carbonyl (C=O) groups is 2. The van der Waals surface area contributed by atoms with Crippen molar-refractivity contribution in [2.45, 2.75) is 13.8 Å². The van der Waals surface area contributed by atoms with Gasteiger partial charge < -0.3 is 10.1 Å². The number of methoxy groups -OCH3 is 1. The van der Waals surface area contributed by atoms with Gasteiger partial charge >= 0.3 is 0 Å². The number of amides is 1. The Morgan fingerprint density at radius 1 is 1.47 bits per heavy atom. The van der Waals surface area contributed by atoms with Crippen LogP contribution in [0.5, 0.6) is 5.75 Å². The Hall–Kier alpha value is -1.84. The van der Waals surface area contributed by atoms with E-state index in [1.165, 1.54) is 14.0 Å². The van der Waals surface area contributed by atoms with E-state index in [2.05, 4.69) is 5.32 Å². The summed E-state index contributed by atoms with van der Waals surface area (Å²) in [7, 11) is 1.49. The van der Waals surface area contributed by atoms with E-state index in [4.69, 9.17) is 4.74 Å². The van der Waals surface area contributed by atoms with Gasteiger partial charge in [-0.25, -0.2) is 0 Å². The van der Waals surface area contributed by atoms with Crippen molar-refractivity contribution in [3.8, 4) is 5.75 Å². The number of hydrogen-bond acceptors (Lipinski definition) is 3. The predicted molar refractivity (Wildman–Crippen MR) is 57.4 cm³/mol. The maximum Gasteiger partial charge on any atom is 0.221 e. The Labute approximate surface area is 88.2 Å². The second-order valence-corrected chi connectivity index (χ2v) is 3.17. The van der Waals surface area contributed by atoms with Crippen LogP contribution in [-0.2, 0) is 4.79 Å². The highest BCUT2D eigenvalue weighted by atomic mass is 16.5. The molecule has 80 valence electrons. The zero-order chi connectivity index (χ0) is 11.4. The molecule has 0 aliphatic carbocycles. The molecule has 0 heterocycles. The van der Waals surface area contributed by atoms with Crippen molar-refractivity contribution in [2.24, 2.45) is 0 Å². The summed E-state index contributed by atoms with van der Waals surface area (Å²) in [4.78, 5) is 21.9. The van der Waals surface area contributed by atoms with Crippen LogP contribution >= 0.6 is 0 Å². The minimum Gasteiger partial charge on any atom is -0.495 e. The summed E-state index contributed by atoms with van der Waals surface area (Å²) in [5.41, 5.74) is 1.68. The normalized spacial score (nSPS) is 9.53. The quantitative estimate of drug-likeness (QED) is 0.768. The number of aryl methyl sites for hydroxylation is 1. The van der Waals surface area contributed by atoms with Crippen molar-refractivity contribution in [1.82, 2.24) is 0 Å². The van der Waals surface area contributed by atoms with Crippen LogP contribution < -0.4 is 10.1 Å². The Kier molecular flexibility index (Phi) is 3.44. The molecule has 1 rings (SSSR count). The van der Waals surface area contributed by atoms with Gasteiger partial charge in [-0.3, -0.25) is 9.59 Å². The third kappa shape index (κ3) is 2.34. The molecule has 0 aromatic heterocycles. The zero-order valence-corrected chi connectivity index (χ0v) is 8.96. The van der Waals surface area contributed by atoms with Gasteiger partial charge in [0.1, 0.15) is 5.75 Å². The van der Waals surface area contributed by atoms with Crippen molar-refractivity contribution < 1.29 is 14.3 Å². The number of benzene rings is 1. The van der Waals surface area contributed by atoms with E-state index >= 15 is 0 Å². The molecular weight excluding hydrogens is 194 g/mol. The molecule has 1 N–H and O–H groups in total. The zero-order valence-electron chi connectivity index (χ0n) is 8.96. The molecule has 0 aliphatic heterocycles. The van der Waals surface area contributed by atoms with E-state index in [1.54, 1.807) is 19.1 Å². The van der Waals surface area contributed by atoms with Crippen molar-refractivity contribution in [2.75, 3.05) is 12.4 Å². The Bertz CT molecular complexity index is 399. The van der Waals surface area contributed by atoms with E-state index in [1.807, 2.05) is 0 Å². The molecule has 0 fully saturated rings. The van der Waals surface area contributed by atoms with E-state index in [-0.39, 0.29) is 5.91 Å². The van der Waals surface area contributed by atoms with Crippen LogP contribution in [-0.4, -0.2) is 19.3 Å².